The fourth-order valence-electron chi connectivity index (χ4n) is 18.4. The van der Waals surface area contributed by atoms with Crippen molar-refractivity contribution in [3.05, 3.63) is 196 Å². The van der Waals surface area contributed by atoms with E-state index in [1.807, 2.05) is 0 Å². The fraction of sp³-hybridized carbons (Fsp3) is 0.385. The molecule has 9 aromatic rings. The Balaban J connectivity index is 1.09. The molecule has 83 heavy (non-hydrogen) atoms. The van der Waals surface area contributed by atoms with Crippen LogP contribution in [0.15, 0.2) is 150 Å². The van der Waals surface area contributed by atoms with E-state index in [0.717, 1.165) is 53.3 Å². The van der Waals surface area contributed by atoms with Crippen LogP contribution in [0.25, 0.3) is 21.9 Å². The van der Waals surface area contributed by atoms with Gasteiger partial charge in [-0.25, -0.2) is 0 Å². The third-order valence-electron chi connectivity index (χ3n) is 23.8. The lowest BCUT2D eigenvalue weighted by Gasteiger charge is -2.52. The minimum Gasteiger partial charge on any atom is -0.454 e. The van der Waals surface area contributed by atoms with Gasteiger partial charge in [0.2, 0.25) is 0 Å². The molecule has 0 bridgehead atoms. The summed E-state index contributed by atoms with van der Waals surface area (Å²) in [6, 6.07) is 58.2. The van der Waals surface area contributed by atoms with E-state index in [2.05, 4.69) is 257 Å². The molecule has 1 aromatic heterocycles. The van der Waals surface area contributed by atoms with Gasteiger partial charge < -0.3 is 19.1 Å². The summed E-state index contributed by atoms with van der Waals surface area (Å²) < 4.78 is 7.25. The van der Waals surface area contributed by atoms with Crippen molar-refractivity contribution in [2.24, 2.45) is 0 Å². The smallest absolute Gasteiger partial charge is 0.252 e. The Kier molecular flexibility index (Phi) is 10.2. The van der Waals surface area contributed by atoms with Gasteiger partial charge >= 0.3 is 0 Å². The molecule has 0 radical (unpaired) electrons. The minimum absolute atomic E-state index is 0.00358. The van der Waals surface area contributed by atoms with Gasteiger partial charge in [-0.1, -0.05) is 194 Å². The summed E-state index contributed by atoms with van der Waals surface area (Å²) in [7, 11) is 0. The summed E-state index contributed by atoms with van der Waals surface area (Å²) >= 11 is 0. The molecule has 4 heterocycles. The predicted octanol–water partition coefficient (Wildman–Crippen LogP) is 19.1. The number of hydrogen-bond acceptors (Lipinski definition) is 4. The second-order valence-corrected chi connectivity index (χ2v) is 30.9. The number of furan rings is 1. The largest absolute Gasteiger partial charge is 0.454 e. The van der Waals surface area contributed by atoms with Crippen molar-refractivity contribution in [1.82, 2.24) is 0 Å². The van der Waals surface area contributed by atoms with Crippen LogP contribution in [-0.4, -0.2) is 12.3 Å². The Morgan fingerprint density at radius 2 is 0.867 bits per heavy atom. The third-order valence-corrected chi connectivity index (χ3v) is 23.8. The summed E-state index contributed by atoms with van der Waals surface area (Å²) in [6.07, 6.45) is 9.38. The zero-order valence-corrected chi connectivity index (χ0v) is 51.8. The Morgan fingerprint density at radius 3 is 1.55 bits per heavy atom. The van der Waals surface area contributed by atoms with Crippen LogP contribution in [0.2, 0.25) is 0 Å². The van der Waals surface area contributed by atoms with E-state index in [4.69, 9.17) is 4.42 Å². The van der Waals surface area contributed by atoms with Gasteiger partial charge in [-0.3, -0.25) is 0 Å². The maximum Gasteiger partial charge on any atom is 0.252 e. The fourth-order valence-corrected chi connectivity index (χ4v) is 18.4. The molecule has 1 saturated carbocycles. The first-order chi connectivity index (χ1) is 39.4. The van der Waals surface area contributed by atoms with Crippen molar-refractivity contribution < 1.29 is 4.42 Å². The van der Waals surface area contributed by atoms with E-state index < -0.39 is 0 Å². The van der Waals surface area contributed by atoms with Crippen molar-refractivity contribution in [3.63, 3.8) is 0 Å². The Morgan fingerprint density at radius 1 is 0.361 bits per heavy atom. The number of nitrogens with zero attached hydrogens (tertiary/aromatic N) is 3. The summed E-state index contributed by atoms with van der Waals surface area (Å²) in [4.78, 5) is 8.31. The summed E-state index contributed by atoms with van der Waals surface area (Å²) in [6.45, 7) is 35.0. The zero-order valence-electron chi connectivity index (χ0n) is 51.8. The van der Waals surface area contributed by atoms with E-state index in [0.29, 0.717) is 0 Å². The molecule has 0 saturated heterocycles. The van der Waals surface area contributed by atoms with Gasteiger partial charge in [0.25, 0.3) is 6.71 Å². The van der Waals surface area contributed by atoms with Crippen LogP contribution in [-0.2, 0) is 37.9 Å². The van der Waals surface area contributed by atoms with Crippen molar-refractivity contribution >= 4 is 90.5 Å². The first-order valence-electron chi connectivity index (χ1n) is 31.6. The molecule has 4 nitrogen and oxygen atoms in total. The molecule has 5 heteroatoms. The van der Waals surface area contributed by atoms with Crippen LogP contribution in [0.3, 0.4) is 0 Å². The average molecular weight is 1090 g/mol. The number of fused-ring (bicyclic) bond motifs is 14. The van der Waals surface area contributed by atoms with Gasteiger partial charge in [0.15, 0.2) is 5.58 Å². The van der Waals surface area contributed by atoms with Gasteiger partial charge in [0.05, 0.1) is 11.2 Å². The molecule has 2 atom stereocenters. The SMILES string of the molecule is CC1(C)CCC(C)(C)c2cc(N3c4cc5c(cc4B4c6cc7c(cc6N(c6cccc8c6oc6ccccc68)c6cc(N8c9ccccc9C9(C)CCCCC89C)cc3c64)C(C)(C)c3ccccc3C7(C)C)C(C)(C)CCC5(C)C)ccc21. The number of para-hydroxylation sites is 3. The third kappa shape index (κ3) is 6.66. The molecule has 7 aliphatic rings. The standard InChI is InChI=1S/C78H82BN3O/c1-71(2)36-37-72(3,4)55-40-47(32-33-51(55)71)80-64-45-57-56(73(5,6)38-39-74(57,7)8)43-60(64)79-61-44-58-59(76(11,12)53-27-17-16-26-52(53)75(58,9)10)46-65(61)81(63-30-23-25-50-49-24-15-20-31-68(49)83-70(50)63)67-42-48(41-66(80)69(67)79)82-62-29-19-18-28-54(62)77(13)34-21-22-35-78(77,82)14/h15-20,23-33,40-46H,21-22,34-39H2,1-14H3. The highest BCUT2D eigenvalue weighted by molar-refractivity contribution is 7.00. The molecule has 4 aliphatic carbocycles. The number of anilines is 8. The summed E-state index contributed by atoms with van der Waals surface area (Å²) in [5.41, 5.74) is 28.4. The van der Waals surface area contributed by atoms with Crippen LogP contribution in [0.1, 0.15) is 198 Å². The lowest BCUT2D eigenvalue weighted by Crippen LogP contribution is -2.62. The Hall–Kier alpha value is -6.98. The first kappa shape index (κ1) is 51.6. The lowest BCUT2D eigenvalue weighted by molar-refractivity contribution is 0.195. The quantitative estimate of drug-likeness (QED) is 0.165. The van der Waals surface area contributed by atoms with Crippen molar-refractivity contribution in [3.8, 4) is 0 Å². The molecule has 3 aliphatic heterocycles. The second-order valence-electron chi connectivity index (χ2n) is 30.9. The highest BCUT2D eigenvalue weighted by Crippen LogP contribution is 2.63. The van der Waals surface area contributed by atoms with Crippen molar-refractivity contribution in [2.45, 2.75) is 192 Å². The van der Waals surface area contributed by atoms with Gasteiger partial charge in [0, 0.05) is 66.8 Å². The lowest BCUT2D eigenvalue weighted by atomic mass is 9.32. The average Bonchev–Trinajstić information content (AvgIpc) is 2.59. The number of hydrogen-bond donors (Lipinski definition) is 0. The molecule has 0 amide bonds. The van der Waals surface area contributed by atoms with Crippen LogP contribution in [0.5, 0.6) is 0 Å². The maximum absolute atomic E-state index is 7.25. The monoisotopic (exact) mass is 1090 g/mol. The molecule has 0 N–H and O–H groups in total. The molecule has 418 valence electrons. The van der Waals surface area contributed by atoms with E-state index in [1.54, 1.807) is 0 Å². The summed E-state index contributed by atoms with van der Waals surface area (Å²) in [5.74, 6) is 0. The molecule has 0 spiro atoms. The molecular formula is C78H82BN3O. The molecule has 2 unspecified atom stereocenters. The highest BCUT2D eigenvalue weighted by atomic mass is 16.3. The van der Waals surface area contributed by atoms with Crippen molar-refractivity contribution in [1.29, 1.82) is 0 Å². The second kappa shape index (κ2) is 16.5. The van der Waals surface area contributed by atoms with Gasteiger partial charge in [-0.05, 0) is 188 Å². The Bertz CT molecular complexity index is 4320. The molecule has 8 aromatic carbocycles. The van der Waals surface area contributed by atoms with Crippen LogP contribution in [0.4, 0.5) is 45.5 Å². The maximum atomic E-state index is 7.25. The highest BCUT2D eigenvalue weighted by Gasteiger charge is 2.59. The normalized spacial score (nSPS) is 23.7. The van der Waals surface area contributed by atoms with E-state index in [1.165, 1.54) is 132 Å². The van der Waals surface area contributed by atoms with Gasteiger partial charge in [-0.15, -0.1) is 0 Å². The van der Waals surface area contributed by atoms with Gasteiger partial charge in [-0.2, -0.15) is 0 Å². The van der Waals surface area contributed by atoms with Crippen molar-refractivity contribution in [2.75, 3.05) is 14.7 Å². The first-order valence-corrected chi connectivity index (χ1v) is 31.6. The topological polar surface area (TPSA) is 22.9 Å². The van der Waals surface area contributed by atoms with E-state index in [9.17, 15) is 0 Å². The van der Waals surface area contributed by atoms with Crippen LogP contribution in [0, 0.1) is 0 Å². The van der Waals surface area contributed by atoms with Gasteiger partial charge in [0.1, 0.15) is 5.58 Å². The number of benzene rings is 8. The Labute approximate surface area is 494 Å². The van der Waals surface area contributed by atoms with E-state index >= 15 is 0 Å². The molecule has 1 fully saturated rings. The number of rotatable bonds is 3. The molecular weight excluding hydrogens is 1010 g/mol. The van der Waals surface area contributed by atoms with E-state index in [-0.39, 0.29) is 50.2 Å². The van der Waals surface area contributed by atoms with Crippen LogP contribution >= 0.6 is 0 Å². The zero-order chi connectivity index (χ0) is 57.5. The van der Waals surface area contributed by atoms with Crippen LogP contribution < -0.4 is 31.1 Å². The predicted molar refractivity (Wildman–Crippen MR) is 352 cm³/mol. The molecule has 16 rings (SSSR count). The minimum atomic E-state index is -0.273. The summed E-state index contributed by atoms with van der Waals surface area (Å²) in [5, 5.41) is 2.29.